The summed E-state index contributed by atoms with van der Waals surface area (Å²) < 4.78 is 30.3. The van der Waals surface area contributed by atoms with Crippen molar-refractivity contribution in [2.24, 2.45) is 0 Å². The van der Waals surface area contributed by atoms with E-state index >= 15 is 0 Å². The van der Waals surface area contributed by atoms with Crippen molar-refractivity contribution in [1.82, 2.24) is 4.90 Å². The Kier molecular flexibility index (Phi) is 8.13. The molecular formula is C22H19FINO6S. The van der Waals surface area contributed by atoms with Crippen molar-refractivity contribution >= 4 is 57.5 Å². The van der Waals surface area contributed by atoms with Crippen molar-refractivity contribution in [3.05, 3.63) is 61.8 Å². The molecule has 2 aromatic rings. The number of benzene rings is 2. The molecule has 0 bridgehead atoms. The van der Waals surface area contributed by atoms with Crippen molar-refractivity contribution in [3.63, 3.8) is 0 Å². The third-order valence-electron chi connectivity index (χ3n) is 4.35. The molecule has 1 heterocycles. The van der Waals surface area contributed by atoms with Crippen molar-refractivity contribution < 1.29 is 33.0 Å². The van der Waals surface area contributed by atoms with Gasteiger partial charge in [0.2, 0.25) is 0 Å². The lowest BCUT2D eigenvalue weighted by atomic mass is 10.1. The Morgan fingerprint density at radius 2 is 2.00 bits per heavy atom. The molecular weight excluding hydrogens is 552 g/mol. The highest BCUT2D eigenvalue weighted by atomic mass is 127. The monoisotopic (exact) mass is 571 g/mol. The molecule has 1 aliphatic rings. The molecule has 0 radical (unpaired) electrons. The van der Waals surface area contributed by atoms with Crippen LogP contribution in [0, 0.1) is 9.39 Å². The van der Waals surface area contributed by atoms with Crippen LogP contribution in [0.15, 0.2) is 41.3 Å². The van der Waals surface area contributed by atoms with Crippen molar-refractivity contribution in [2.45, 2.75) is 13.5 Å². The molecule has 0 atom stereocenters. The number of thioether (sulfide) groups is 1. The SMILES string of the molecule is CCOC(=O)COc1c(I)cc(/C=C2\SC(=O)N(Cc3ccccc3F)C2=O)cc1OC. The molecule has 2 amide bonds. The lowest BCUT2D eigenvalue weighted by molar-refractivity contribution is -0.145. The van der Waals surface area contributed by atoms with Gasteiger partial charge in [0, 0.05) is 5.56 Å². The summed E-state index contributed by atoms with van der Waals surface area (Å²) in [6.07, 6.45) is 1.56. The molecule has 1 aliphatic heterocycles. The number of rotatable bonds is 8. The Morgan fingerprint density at radius 1 is 1.25 bits per heavy atom. The summed E-state index contributed by atoms with van der Waals surface area (Å²) in [5.74, 6) is -0.755. The molecule has 0 unspecified atom stereocenters. The van der Waals surface area contributed by atoms with Crippen LogP contribution in [0.25, 0.3) is 6.08 Å². The lowest BCUT2D eigenvalue weighted by Crippen LogP contribution is -2.27. The first-order valence-corrected chi connectivity index (χ1v) is 11.4. The van der Waals surface area contributed by atoms with Gasteiger partial charge in [0.25, 0.3) is 11.1 Å². The summed E-state index contributed by atoms with van der Waals surface area (Å²) in [7, 11) is 1.45. The van der Waals surface area contributed by atoms with E-state index in [0.29, 0.717) is 20.6 Å². The minimum absolute atomic E-state index is 0.143. The second-order valence-corrected chi connectivity index (χ2v) is 8.64. The van der Waals surface area contributed by atoms with Crippen LogP contribution in [0.3, 0.4) is 0 Å². The summed E-state index contributed by atoms with van der Waals surface area (Å²) in [5, 5.41) is -0.472. The van der Waals surface area contributed by atoms with Crippen molar-refractivity contribution in [3.8, 4) is 11.5 Å². The quantitative estimate of drug-likeness (QED) is 0.260. The Bertz CT molecular complexity index is 1090. The predicted octanol–water partition coefficient (Wildman–Crippen LogP) is 4.62. The second kappa shape index (κ2) is 10.8. The van der Waals surface area contributed by atoms with Crippen LogP contribution in [0.2, 0.25) is 0 Å². The molecule has 0 N–H and O–H groups in total. The van der Waals surface area contributed by atoms with Crippen LogP contribution < -0.4 is 9.47 Å². The van der Waals surface area contributed by atoms with Crippen LogP contribution in [-0.2, 0) is 20.9 Å². The van der Waals surface area contributed by atoms with Gasteiger partial charge in [-0.25, -0.2) is 9.18 Å². The van der Waals surface area contributed by atoms with E-state index in [-0.39, 0.29) is 30.2 Å². The fourth-order valence-electron chi connectivity index (χ4n) is 2.88. The van der Waals surface area contributed by atoms with Gasteiger partial charge < -0.3 is 14.2 Å². The van der Waals surface area contributed by atoms with E-state index in [1.807, 2.05) is 22.6 Å². The third-order valence-corrected chi connectivity index (χ3v) is 6.06. The van der Waals surface area contributed by atoms with E-state index in [1.165, 1.54) is 19.2 Å². The maximum absolute atomic E-state index is 13.9. The number of esters is 1. The average molecular weight is 571 g/mol. The molecule has 3 rings (SSSR count). The number of carbonyl (C=O) groups excluding carboxylic acids is 3. The van der Waals surface area contributed by atoms with E-state index in [9.17, 15) is 18.8 Å². The maximum Gasteiger partial charge on any atom is 0.344 e. The number of methoxy groups -OCH3 is 1. The topological polar surface area (TPSA) is 82.1 Å². The lowest BCUT2D eigenvalue weighted by Gasteiger charge is -2.13. The number of hydrogen-bond donors (Lipinski definition) is 0. The number of imide groups is 1. The molecule has 0 aromatic heterocycles. The first-order chi connectivity index (χ1) is 15.3. The molecule has 32 heavy (non-hydrogen) atoms. The van der Waals surface area contributed by atoms with Gasteiger partial charge in [-0.2, -0.15) is 0 Å². The number of carbonyl (C=O) groups is 3. The first kappa shape index (κ1) is 24.1. The fourth-order valence-corrected chi connectivity index (χ4v) is 4.50. The fraction of sp³-hybridized carbons (Fsp3) is 0.227. The Labute approximate surface area is 202 Å². The largest absolute Gasteiger partial charge is 0.493 e. The van der Waals surface area contributed by atoms with Crippen LogP contribution in [0.1, 0.15) is 18.1 Å². The average Bonchev–Trinajstić information content (AvgIpc) is 3.01. The first-order valence-electron chi connectivity index (χ1n) is 9.48. The van der Waals surface area contributed by atoms with Gasteiger partial charge in [0.05, 0.1) is 28.7 Å². The summed E-state index contributed by atoms with van der Waals surface area (Å²) in [4.78, 5) is 37.9. The highest BCUT2D eigenvalue weighted by Gasteiger charge is 2.35. The number of nitrogens with zero attached hydrogens (tertiary/aromatic N) is 1. The summed E-state index contributed by atoms with van der Waals surface area (Å²) in [6.45, 7) is 1.54. The number of hydrogen-bond acceptors (Lipinski definition) is 7. The number of halogens is 2. The number of ether oxygens (including phenoxy) is 3. The zero-order valence-corrected chi connectivity index (χ0v) is 20.2. The molecule has 0 aliphatic carbocycles. The van der Waals surface area contributed by atoms with Crippen LogP contribution in [-0.4, -0.2) is 42.3 Å². The smallest absolute Gasteiger partial charge is 0.344 e. The van der Waals surface area contributed by atoms with Crippen LogP contribution in [0.5, 0.6) is 11.5 Å². The second-order valence-electron chi connectivity index (χ2n) is 6.49. The van der Waals surface area contributed by atoms with Gasteiger partial charge in [-0.1, -0.05) is 18.2 Å². The Hall–Kier alpha value is -2.60. The maximum atomic E-state index is 13.9. The summed E-state index contributed by atoms with van der Waals surface area (Å²) >= 11 is 2.81. The zero-order valence-electron chi connectivity index (χ0n) is 17.2. The highest BCUT2D eigenvalue weighted by molar-refractivity contribution is 14.1. The van der Waals surface area contributed by atoms with Crippen LogP contribution in [0.4, 0.5) is 9.18 Å². The highest BCUT2D eigenvalue weighted by Crippen LogP contribution is 2.37. The van der Waals surface area contributed by atoms with Gasteiger partial charge in [-0.05, 0) is 71.1 Å². The summed E-state index contributed by atoms with van der Waals surface area (Å²) in [6, 6.07) is 9.37. The van der Waals surface area contributed by atoms with Gasteiger partial charge in [-0.3, -0.25) is 14.5 Å². The minimum atomic E-state index is -0.502. The molecule has 1 saturated heterocycles. The van der Waals surface area contributed by atoms with E-state index < -0.39 is 22.9 Å². The van der Waals surface area contributed by atoms with E-state index in [2.05, 4.69) is 0 Å². The Balaban J connectivity index is 1.81. The summed E-state index contributed by atoms with van der Waals surface area (Å²) in [5.41, 5.74) is 0.862. The molecule has 168 valence electrons. The van der Waals surface area contributed by atoms with Crippen molar-refractivity contribution in [2.75, 3.05) is 20.3 Å². The van der Waals surface area contributed by atoms with Gasteiger partial charge in [0.1, 0.15) is 5.82 Å². The molecule has 0 saturated carbocycles. The minimum Gasteiger partial charge on any atom is -0.493 e. The standard InChI is InChI=1S/C22H19FINO6S/c1-3-30-19(26)12-31-20-16(24)8-13(9-17(20)29-2)10-18-21(27)25(22(28)32-18)11-14-6-4-5-7-15(14)23/h4-10H,3,11-12H2,1-2H3/b18-10-. The zero-order chi connectivity index (χ0) is 23.3. The van der Waals surface area contributed by atoms with Gasteiger partial charge >= 0.3 is 5.97 Å². The molecule has 2 aromatic carbocycles. The molecule has 7 nitrogen and oxygen atoms in total. The molecule has 10 heteroatoms. The molecule has 1 fully saturated rings. The van der Waals surface area contributed by atoms with Gasteiger partial charge in [0.15, 0.2) is 18.1 Å². The predicted molar refractivity (Wildman–Crippen MR) is 126 cm³/mol. The van der Waals surface area contributed by atoms with Crippen molar-refractivity contribution in [1.29, 1.82) is 0 Å². The third kappa shape index (κ3) is 5.60. The van der Waals surface area contributed by atoms with E-state index in [1.54, 1.807) is 37.3 Å². The van der Waals surface area contributed by atoms with E-state index in [4.69, 9.17) is 14.2 Å². The van der Waals surface area contributed by atoms with Crippen LogP contribution >= 0.6 is 34.4 Å². The Morgan fingerprint density at radius 3 is 2.69 bits per heavy atom. The molecule has 0 spiro atoms. The van der Waals surface area contributed by atoms with E-state index in [0.717, 1.165) is 16.7 Å². The number of amides is 2. The normalized spacial score (nSPS) is 14.8. The van der Waals surface area contributed by atoms with Gasteiger partial charge in [-0.15, -0.1) is 0 Å².